The molecule has 8 heteroatoms. The quantitative estimate of drug-likeness (QED) is 0.565. The van der Waals surface area contributed by atoms with Crippen LogP contribution in [0.25, 0.3) is 0 Å². The smallest absolute Gasteiger partial charge is 0.243 e. The molecule has 2 aromatic carbocycles. The Labute approximate surface area is 172 Å². The third kappa shape index (κ3) is 6.28. The molecule has 29 heavy (non-hydrogen) atoms. The predicted octanol–water partition coefficient (Wildman–Crippen LogP) is 2.60. The molecule has 2 aromatic rings. The standard InChI is InChI=1S/C21H28N2O5S/c1-23(29(25,26)19-8-5-4-6-9-19)20(16-21(24)22-14-7-15-27-2)17-10-12-18(28-3)13-11-17/h4-6,8-13,20H,7,14-16H2,1-3H3,(H,22,24)/t20-/m1/s1. The second kappa shape index (κ2) is 10.9. The van der Waals surface area contributed by atoms with E-state index in [2.05, 4.69) is 5.32 Å². The first-order chi connectivity index (χ1) is 13.9. The monoisotopic (exact) mass is 420 g/mol. The molecule has 0 saturated heterocycles. The van der Waals surface area contributed by atoms with Crippen LogP contribution < -0.4 is 10.1 Å². The second-order valence-electron chi connectivity index (χ2n) is 6.52. The van der Waals surface area contributed by atoms with Gasteiger partial charge in [0.05, 0.1) is 18.0 Å². The van der Waals surface area contributed by atoms with E-state index in [9.17, 15) is 13.2 Å². The largest absolute Gasteiger partial charge is 0.497 e. The highest BCUT2D eigenvalue weighted by Gasteiger charge is 2.30. The van der Waals surface area contributed by atoms with Crippen LogP contribution in [-0.4, -0.2) is 53.0 Å². The lowest BCUT2D eigenvalue weighted by atomic mass is 10.0. The average molecular weight is 421 g/mol. The Balaban J connectivity index is 2.27. The van der Waals surface area contributed by atoms with Gasteiger partial charge in [-0.15, -0.1) is 0 Å². The van der Waals surface area contributed by atoms with Crippen LogP contribution in [0.15, 0.2) is 59.5 Å². The third-order valence-corrected chi connectivity index (χ3v) is 6.47. The van der Waals surface area contributed by atoms with Gasteiger partial charge in [0, 0.05) is 33.7 Å². The Hall–Kier alpha value is -2.42. The maximum absolute atomic E-state index is 13.1. The van der Waals surface area contributed by atoms with Crippen molar-refractivity contribution in [3.63, 3.8) is 0 Å². The lowest BCUT2D eigenvalue weighted by Gasteiger charge is -2.28. The fourth-order valence-electron chi connectivity index (χ4n) is 2.90. The number of carbonyl (C=O) groups excluding carboxylic acids is 1. The zero-order valence-electron chi connectivity index (χ0n) is 17.0. The van der Waals surface area contributed by atoms with Crippen LogP contribution in [0.4, 0.5) is 0 Å². The van der Waals surface area contributed by atoms with Gasteiger partial charge in [0.2, 0.25) is 15.9 Å². The van der Waals surface area contributed by atoms with E-state index in [1.807, 2.05) is 0 Å². The summed E-state index contributed by atoms with van der Waals surface area (Å²) in [6.07, 6.45) is 0.690. The van der Waals surface area contributed by atoms with E-state index in [0.29, 0.717) is 30.9 Å². The molecular weight excluding hydrogens is 392 g/mol. The van der Waals surface area contributed by atoms with Crippen LogP contribution in [0.5, 0.6) is 5.75 Å². The Morgan fingerprint density at radius 2 is 1.72 bits per heavy atom. The van der Waals surface area contributed by atoms with Crippen molar-refractivity contribution in [3.8, 4) is 5.75 Å². The normalized spacial score (nSPS) is 12.6. The van der Waals surface area contributed by atoms with Crippen LogP contribution in [0.1, 0.15) is 24.4 Å². The first-order valence-electron chi connectivity index (χ1n) is 9.32. The van der Waals surface area contributed by atoms with Crippen molar-refractivity contribution in [2.45, 2.75) is 23.8 Å². The topological polar surface area (TPSA) is 84.9 Å². The number of benzene rings is 2. The van der Waals surface area contributed by atoms with Crippen LogP contribution in [0, 0.1) is 0 Å². The molecule has 0 spiro atoms. The summed E-state index contributed by atoms with van der Waals surface area (Å²) in [5.41, 5.74) is 0.708. The van der Waals surface area contributed by atoms with E-state index < -0.39 is 16.1 Å². The number of sulfonamides is 1. The molecule has 7 nitrogen and oxygen atoms in total. The minimum atomic E-state index is -3.77. The summed E-state index contributed by atoms with van der Waals surface area (Å²) in [4.78, 5) is 12.7. The first kappa shape index (κ1) is 22.9. The van der Waals surface area contributed by atoms with Gasteiger partial charge < -0.3 is 14.8 Å². The van der Waals surface area contributed by atoms with Gasteiger partial charge >= 0.3 is 0 Å². The number of nitrogens with one attached hydrogen (secondary N) is 1. The lowest BCUT2D eigenvalue weighted by molar-refractivity contribution is -0.122. The summed E-state index contributed by atoms with van der Waals surface area (Å²) in [7, 11) is 0.884. The molecule has 0 aliphatic heterocycles. The SMILES string of the molecule is COCCCNC(=O)C[C@H](c1ccc(OC)cc1)N(C)S(=O)(=O)c1ccccc1. The van der Waals surface area contributed by atoms with Crippen molar-refractivity contribution < 1.29 is 22.7 Å². The van der Waals surface area contributed by atoms with Crippen LogP contribution in [-0.2, 0) is 19.6 Å². The number of ether oxygens (including phenoxy) is 2. The van der Waals surface area contributed by atoms with Crippen LogP contribution >= 0.6 is 0 Å². The van der Waals surface area contributed by atoms with Gasteiger partial charge in [-0.05, 0) is 36.2 Å². The molecule has 2 rings (SSSR count). The zero-order valence-corrected chi connectivity index (χ0v) is 17.8. The van der Waals surface area contributed by atoms with Crippen molar-refractivity contribution in [2.75, 3.05) is 34.4 Å². The zero-order chi connectivity index (χ0) is 21.3. The summed E-state index contributed by atoms with van der Waals surface area (Å²) in [5, 5.41) is 2.82. The number of hydrogen-bond donors (Lipinski definition) is 1. The van der Waals surface area contributed by atoms with Crippen molar-refractivity contribution >= 4 is 15.9 Å². The summed E-state index contributed by atoms with van der Waals surface area (Å²) < 4.78 is 37.6. The molecule has 0 aliphatic carbocycles. The minimum absolute atomic E-state index is 0.00186. The van der Waals surface area contributed by atoms with E-state index in [1.165, 1.54) is 11.4 Å². The molecule has 0 unspecified atom stereocenters. The van der Waals surface area contributed by atoms with Gasteiger partial charge in [-0.3, -0.25) is 4.79 Å². The molecule has 0 saturated carbocycles. The second-order valence-corrected chi connectivity index (χ2v) is 8.52. The van der Waals surface area contributed by atoms with Crippen molar-refractivity contribution in [1.82, 2.24) is 9.62 Å². The number of rotatable bonds is 11. The first-order valence-corrected chi connectivity index (χ1v) is 10.8. The summed E-state index contributed by atoms with van der Waals surface area (Å²) >= 11 is 0. The highest BCUT2D eigenvalue weighted by Crippen LogP contribution is 2.30. The Bertz CT molecular complexity index is 870. The van der Waals surface area contributed by atoms with E-state index >= 15 is 0 Å². The number of hydrogen-bond acceptors (Lipinski definition) is 5. The third-order valence-electron chi connectivity index (χ3n) is 4.59. The van der Waals surface area contributed by atoms with E-state index in [1.54, 1.807) is 68.8 Å². The number of methoxy groups -OCH3 is 2. The number of carbonyl (C=O) groups is 1. The molecule has 158 valence electrons. The number of amides is 1. The number of nitrogens with zero attached hydrogens (tertiary/aromatic N) is 1. The van der Waals surface area contributed by atoms with Crippen molar-refractivity contribution in [3.05, 3.63) is 60.2 Å². The Morgan fingerprint density at radius 3 is 2.31 bits per heavy atom. The van der Waals surface area contributed by atoms with Crippen molar-refractivity contribution in [2.24, 2.45) is 0 Å². The fourth-order valence-corrected chi connectivity index (χ4v) is 4.27. The molecule has 0 heterocycles. The minimum Gasteiger partial charge on any atom is -0.497 e. The van der Waals surface area contributed by atoms with Gasteiger partial charge in [-0.25, -0.2) is 8.42 Å². The Morgan fingerprint density at radius 1 is 1.07 bits per heavy atom. The summed E-state index contributed by atoms with van der Waals surface area (Å²) in [5.74, 6) is 0.433. The molecule has 1 atom stereocenters. The highest BCUT2D eigenvalue weighted by atomic mass is 32.2. The summed E-state index contributed by atoms with van der Waals surface area (Å²) in [6, 6.07) is 14.6. The highest BCUT2D eigenvalue weighted by molar-refractivity contribution is 7.89. The molecule has 1 N–H and O–H groups in total. The molecule has 0 aliphatic rings. The molecule has 0 radical (unpaired) electrons. The maximum Gasteiger partial charge on any atom is 0.243 e. The lowest BCUT2D eigenvalue weighted by Crippen LogP contribution is -2.35. The molecule has 0 fully saturated rings. The molecule has 0 aromatic heterocycles. The van der Waals surface area contributed by atoms with Gasteiger partial charge in [0.1, 0.15) is 5.75 Å². The Kier molecular flexibility index (Phi) is 8.63. The van der Waals surface area contributed by atoms with Gasteiger partial charge in [-0.2, -0.15) is 4.31 Å². The van der Waals surface area contributed by atoms with Crippen LogP contribution in [0.2, 0.25) is 0 Å². The maximum atomic E-state index is 13.1. The van der Waals surface area contributed by atoms with Gasteiger partial charge in [0.25, 0.3) is 0 Å². The molecule has 0 bridgehead atoms. The van der Waals surface area contributed by atoms with E-state index in [4.69, 9.17) is 9.47 Å². The van der Waals surface area contributed by atoms with Gasteiger partial charge in [-0.1, -0.05) is 30.3 Å². The predicted molar refractivity (Wildman–Crippen MR) is 111 cm³/mol. The van der Waals surface area contributed by atoms with E-state index in [-0.39, 0.29) is 17.2 Å². The molecule has 1 amide bonds. The van der Waals surface area contributed by atoms with Crippen molar-refractivity contribution in [1.29, 1.82) is 0 Å². The molecular formula is C21H28N2O5S. The van der Waals surface area contributed by atoms with Gasteiger partial charge in [0.15, 0.2) is 0 Å². The average Bonchev–Trinajstić information content (AvgIpc) is 2.75. The summed E-state index contributed by atoms with van der Waals surface area (Å²) in [6.45, 7) is 1.02. The van der Waals surface area contributed by atoms with E-state index in [0.717, 1.165) is 0 Å². The fraction of sp³-hybridized carbons (Fsp3) is 0.381. The van der Waals surface area contributed by atoms with Crippen LogP contribution in [0.3, 0.4) is 0 Å².